The standard InChI is InChI=1S/C17H24F2O4S/c1-3-23-16(20)17(18,19)12-6-4-5-7-13-24(21,22)15-10-8-14(2)9-11-15/h8-11H,3-7,12-13H2,1-2H3. The topological polar surface area (TPSA) is 60.4 Å². The summed E-state index contributed by atoms with van der Waals surface area (Å²) in [6, 6.07) is 6.63. The maximum Gasteiger partial charge on any atom is 0.376 e. The Bertz CT molecular complexity index is 624. The summed E-state index contributed by atoms with van der Waals surface area (Å²) >= 11 is 0. The van der Waals surface area contributed by atoms with E-state index in [1.165, 1.54) is 6.92 Å². The smallest absolute Gasteiger partial charge is 0.376 e. The maximum absolute atomic E-state index is 13.4. The summed E-state index contributed by atoms with van der Waals surface area (Å²) < 4.78 is 55.3. The minimum Gasteiger partial charge on any atom is -0.462 e. The van der Waals surface area contributed by atoms with Crippen LogP contribution >= 0.6 is 0 Å². The van der Waals surface area contributed by atoms with Crippen LogP contribution in [-0.4, -0.2) is 32.7 Å². The minimum absolute atomic E-state index is 0.00959. The molecule has 0 fully saturated rings. The fraction of sp³-hybridized carbons (Fsp3) is 0.588. The predicted octanol–water partition coefficient (Wildman–Crippen LogP) is 3.92. The van der Waals surface area contributed by atoms with E-state index >= 15 is 0 Å². The molecule has 4 nitrogen and oxygen atoms in total. The lowest BCUT2D eigenvalue weighted by atomic mass is 10.1. The molecule has 0 aliphatic rings. The van der Waals surface area contributed by atoms with Gasteiger partial charge in [-0.25, -0.2) is 13.2 Å². The molecular weight excluding hydrogens is 338 g/mol. The third-order valence-corrected chi connectivity index (χ3v) is 5.42. The third-order valence-electron chi connectivity index (χ3n) is 3.61. The monoisotopic (exact) mass is 362 g/mol. The number of ether oxygens (including phenoxy) is 1. The zero-order valence-electron chi connectivity index (χ0n) is 14.1. The third kappa shape index (κ3) is 6.55. The number of hydrogen-bond donors (Lipinski definition) is 0. The fourth-order valence-corrected chi connectivity index (χ4v) is 3.57. The quantitative estimate of drug-likeness (QED) is 0.468. The molecule has 0 amide bonds. The Morgan fingerprint density at radius 1 is 1.08 bits per heavy atom. The number of carbonyl (C=O) groups is 1. The van der Waals surface area contributed by atoms with Crippen molar-refractivity contribution in [3.05, 3.63) is 29.8 Å². The van der Waals surface area contributed by atoms with Crippen molar-refractivity contribution < 1.29 is 26.7 Å². The first-order valence-corrected chi connectivity index (χ1v) is 9.69. The van der Waals surface area contributed by atoms with Gasteiger partial charge in [0.1, 0.15) is 0 Å². The first-order valence-electron chi connectivity index (χ1n) is 8.03. The summed E-state index contributed by atoms with van der Waals surface area (Å²) in [4.78, 5) is 11.3. The van der Waals surface area contributed by atoms with Gasteiger partial charge in [0, 0.05) is 6.42 Å². The van der Waals surface area contributed by atoms with Crippen LogP contribution in [0.5, 0.6) is 0 Å². The molecule has 0 saturated heterocycles. The average Bonchev–Trinajstić information content (AvgIpc) is 2.51. The van der Waals surface area contributed by atoms with Crippen molar-refractivity contribution in [2.24, 2.45) is 0 Å². The maximum atomic E-state index is 13.4. The molecule has 0 heterocycles. The summed E-state index contributed by atoms with van der Waals surface area (Å²) in [6.45, 7) is 3.27. The molecule has 0 radical (unpaired) electrons. The molecule has 0 atom stereocenters. The van der Waals surface area contributed by atoms with Gasteiger partial charge >= 0.3 is 11.9 Å². The number of unbranched alkanes of at least 4 members (excludes halogenated alkanes) is 3. The first-order chi connectivity index (χ1) is 11.2. The number of halogens is 2. The number of benzene rings is 1. The van der Waals surface area contributed by atoms with Gasteiger partial charge in [-0.3, -0.25) is 0 Å². The zero-order chi connectivity index (χ0) is 18.2. The number of carbonyl (C=O) groups excluding carboxylic acids is 1. The number of alkyl halides is 2. The van der Waals surface area contributed by atoms with Gasteiger partial charge in [0.25, 0.3) is 0 Å². The first kappa shape index (κ1) is 20.5. The van der Waals surface area contributed by atoms with Crippen LogP contribution in [0.3, 0.4) is 0 Å². The van der Waals surface area contributed by atoms with Gasteiger partial charge in [-0.15, -0.1) is 0 Å². The molecule has 1 aromatic rings. The van der Waals surface area contributed by atoms with Crippen LogP contribution in [0, 0.1) is 6.92 Å². The van der Waals surface area contributed by atoms with Crippen molar-refractivity contribution in [3.8, 4) is 0 Å². The van der Waals surface area contributed by atoms with Gasteiger partial charge in [0.05, 0.1) is 17.3 Å². The van der Waals surface area contributed by atoms with Gasteiger partial charge in [-0.2, -0.15) is 8.78 Å². The molecule has 0 aliphatic carbocycles. The summed E-state index contributed by atoms with van der Waals surface area (Å²) in [5.74, 6) is -4.97. The number of aryl methyl sites for hydroxylation is 1. The Balaban J connectivity index is 2.31. The van der Waals surface area contributed by atoms with Gasteiger partial charge in [0.2, 0.25) is 0 Å². The van der Waals surface area contributed by atoms with Crippen molar-refractivity contribution in [1.82, 2.24) is 0 Å². The van der Waals surface area contributed by atoms with E-state index in [1.807, 2.05) is 6.92 Å². The van der Waals surface area contributed by atoms with Gasteiger partial charge in [-0.05, 0) is 38.8 Å². The van der Waals surface area contributed by atoms with Crippen molar-refractivity contribution in [2.75, 3.05) is 12.4 Å². The molecule has 7 heteroatoms. The largest absolute Gasteiger partial charge is 0.462 e. The highest BCUT2D eigenvalue weighted by Crippen LogP contribution is 2.24. The molecular formula is C17H24F2O4S. The molecule has 1 rings (SSSR count). The Hall–Kier alpha value is -1.50. The van der Waals surface area contributed by atoms with Gasteiger partial charge in [0.15, 0.2) is 9.84 Å². The Morgan fingerprint density at radius 3 is 2.25 bits per heavy atom. The van der Waals surface area contributed by atoms with E-state index in [-0.39, 0.29) is 23.7 Å². The SMILES string of the molecule is CCOC(=O)C(F)(F)CCCCCCS(=O)(=O)c1ccc(C)cc1. The van der Waals surface area contributed by atoms with E-state index in [1.54, 1.807) is 24.3 Å². The van der Waals surface area contributed by atoms with Crippen molar-refractivity contribution in [1.29, 1.82) is 0 Å². The predicted molar refractivity (Wildman–Crippen MR) is 87.9 cm³/mol. The second-order valence-corrected chi connectivity index (χ2v) is 7.83. The van der Waals surface area contributed by atoms with E-state index < -0.39 is 28.1 Å². The van der Waals surface area contributed by atoms with E-state index in [9.17, 15) is 22.0 Å². The second kappa shape index (κ2) is 9.11. The van der Waals surface area contributed by atoms with Crippen LogP contribution in [0.15, 0.2) is 29.2 Å². The molecule has 0 unspecified atom stereocenters. The van der Waals surface area contributed by atoms with Gasteiger partial charge in [-0.1, -0.05) is 30.5 Å². The molecule has 0 bridgehead atoms. The summed E-state index contributed by atoms with van der Waals surface area (Å²) in [5, 5.41) is 0. The summed E-state index contributed by atoms with van der Waals surface area (Å²) in [6.07, 6.45) is 0.941. The van der Waals surface area contributed by atoms with Crippen molar-refractivity contribution in [3.63, 3.8) is 0 Å². The Kier molecular flexibility index (Phi) is 7.79. The van der Waals surface area contributed by atoms with E-state index in [4.69, 9.17) is 0 Å². The molecule has 24 heavy (non-hydrogen) atoms. The lowest BCUT2D eigenvalue weighted by Crippen LogP contribution is -2.30. The van der Waals surface area contributed by atoms with Gasteiger partial charge < -0.3 is 4.74 Å². The Morgan fingerprint density at radius 2 is 1.67 bits per heavy atom. The van der Waals surface area contributed by atoms with Crippen molar-refractivity contribution in [2.45, 2.75) is 56.8 Å². The highest BCUT2D eigenvalue weighted by atomic mass is 32.2. The minimum atomic E-state index is -3.47. The molecule has 0 spiro atoms. The lowest BCUT2D eigenvalue weighted by molar-refractivity contribution is -0.172. The van der Waals surface area contributed by atoms with E-state index in [2.05, 4.69) is 4.74 Å². The summed E-state index contributed by atoms with van der Waals surface area (Å²) in [5.41, 5.74) is 0.983. The van der Waals surface area contributed by atoms with Crippen LogP contribution < -0.4 is 0 Å². The number of sulfone groups is 1. The summed E-state index contributed by atoms with van der Waals surface area (Å²) in [7, 11) is -3.34. The van der Waals surface area contributed by atoms with Crippen LogP contribution in [-0.2, 0) is 19.4 Å². The molecule has 0 aliphatic heterocycles. The molecule has 0 N–H and O–H groups in total. The van der Waals surface area contributed by atoms with Crippen LogP contribution in [0.2, 0.25) is 0 Å². The molecule has 1 aromatic carbocycles. The second-order valence-electron chi connectivity index (χ2n) is 5.72. The van der Waals surface area contributed by atoms with Crippen molar-refractivity contribution >= 4 is 15.8 Å². The average molecular weight is 362 g/mol. The Labute approximate surface area is 142 Å². The molecule has 0 aromatic heterocycles. The number of rotatable bonds is 10. The fourth-order valence-electron chi connectivity index (χ4n) is 2.19. The lowest BCUT2D eigenvalue weighted by Gasteiger charge is -2.14. The van der Waals surface area contributed by atoms with Crippen LogP contribution in [0.1, 0.15) is 44.6 Å². The van der Waals surface area contributed by atoms with E-state index in [0.717, 1.165) is 5.56 Å². The molecule has 136 valence electrons. The number of esters is 1. The highest BCUT2D eigenvalue weighted by Gasteiger charge is 2.39. The van der Waals surface area contributed by atoms with E-state index in [0.29, 0.717) is 19.3 Å². The van der Waals surface area contributed by atoms with Crippen LogP contribution in [0.25, 0.3) is 0 Å². The zero-order valence-corrected chi connectivity index (χ0v) is 14.9. The molecule has 0 saturated carbocycles. The normalized spacial score (nSPS) is 12.2. The van der Waals surface area contributed by atoms with Crippen LogP contribution in [0.4, 0.5) is 8.78 Å². The number of hydrogen-bond acceptors (Lipinski definition) is 4. The highest BCUT2D eigenvalue weighted by molar-refractivity contribution is 7.91.